The molecule has 0 amide bonds. The van der Waals surface area contributed by atoms with Crippen LogP contribution in [-0.4, -0.2) is 16.7 Å². The minimum absolute atomic E-state index is 0.523. The molecule has 0 heterocycles. The van der Waals surface area contributed by atoms with Crippen LogP contribution in [0.15, 0.2) is 46.9 Å². The number of hydrogen-bond acceptors (Lipinski definition) is 2. The van der Waals surface area contributed by atoms with Gasteiger partial charge in [-0.05, 0) is 48.7 Å². The van der Waals surface area contributed by atoms with E-state index in [2.05, 4.69) is 31.9 Å². The topological polar surface area (TPSA) is 46.5 Å². The zero-order valence-electron chi connectivity index (χ0n) is 12.3. The van der Waals surface area contributed by atoms with Crippen LogP contribution in [0.25, 0.3) is 11.1 Å². The maximum Gasteiger partial charge on any atom is 0.347 e. The second kappa shape index (κ2) is 6.84. The van der Waals surface area contributed by atoms with E-state index < -0.39 is 11.6 Å². The van der Waals surface area contributed by atoms with Gasteiger partial charge in [0.25, 0.3) is 0 Å². The number of alkyl halides is 1. The smallest absolute Gasteiger partial charge is 0.347 e. The normalized spacial score (nSPS) is 11.3. The van der Waals surface area contributed by atoms with Crippen molar-refractivity contribution < 1.29 is 14.6 Å². The average molecular weight is 428 g/mol. The lowest BCUT2D eigenvalue weighted by Crippen LogP contribution is -2.37. The molecule has 0 saturated heterocycles. The molecular formula is C17H16Br2O3. The van der Waals surface area contributed by atoms with Gasteiger partial charge < -0.3 is 9.84 Å². The number of ether oxygens (including phenoxy) is 1. The maximum atomic E-state index is 11.2. The number of rotatable bonds is 5. The van der Waals surface area contributed by atoms with Crippen molar-refractivity contribution in [3.63, 3.8) is 0 Å². The molecule has 0 spiro atoms. The quantitative estimate of drug-likeness (QED) is 0.662. The van der Waals surface area contributed by atoms with Gasteiger partial charge in [0, 0.05) is 9.80 Å². The molecule has 0 aliphatic carbocycles. The number of carboxylic acid groups (broad SMARTS) is 1. The summed E-state index contributed by atoms with van der Waals surface area (Å²) < 4.78 is 6.53. The van der Waals surface area contributed by atoms with Crippen LogP contribution in [0.3, 0.4) is 0 Å². The number of hydrogen-bond donors (Lipinski definition) is 1. The van der Waals surface area contributed by atoms with Crippen LogP contribution in [0.2, 0.25) is 0 Å². The van der Waals surface area contributed by atoms with Crippen LogP contribution < -0.4 is 4.74 Å². The molecule has 0 fully saturated rings. The summed E-state index contributed by atoms with van der Waals surface area (Å²) in [5.41, 5.74) is 1.92. The van der Waals surface area contributed by atoms with Crippen LogP contribution >= 0.6 is 31.9 Å². The molecule has 2 aromatic rings. The fourth-order valence-electron chi connectivity index (χ4n) is 1.90. The molecule has 0 aliphatic rings. The van der Waals surface area contributed by atoms with Crippen molar-refractivity contribution in [3.8, 4) is 16.9 Å². The van der Waals surface area contributed by atoms with Crippen molar-refractivity contribution in [1.29, 1.82) is 0 Å². The summed E-state index contributed by atoms with van der Waals surface area (Å²) in [4.78, 5) is 11.2. The second-order valence-electron chi connectivity index (χ2n) is 5.39. The highest BCUT2D eigenvalue weighted by Gasteiger charge is 2.29. The highest BCUT2D eigenvalue weighted by molar-refractivity contribution is 9.10. The molecule has 0 aromatic heterocycles. The highest BCUT2D eigenvalue weighted by Crippen LogP contribution is 2.33. The minimum atomic E-state index is -1.27. The Morgan fingerprint density at radius 1 is 1.18 bits per heavy atom. The molecule has 0 aliphatic heterocycles. The fourth-order valence-corrected chi connectivity index (χ4v) is 2.75. The van der Waals surface area contributed by atoms with E-state index in [0.29, 0.717) is 5.75 Å². The first kappa shape index (κ1) is 17.0. The van der Waals surface area contributed by atoms with E-state index in [4.69, 9.17) is 9.84 Å². The molecular weight excluding hydrogens is 412 g/mol. The molecule has 116 valence electrons. The van der Waals surface area contributed by atoms with E-state index in [-0.39, 0.29) is 0 Å². The van der Waals surface area contributed by atoms with Crippen LogP contribution in [0.5, 0.6) is 5.75 Å². The van der Waals surface area contributed by atoms with Crippen LogP contribution in [0.1, 0.15) is 19.4 Å². The van der Waals surface area contributed by atoms with Crippen molar-refractivity contribution in [2.45, 2.75) is 24.8 Å². The fraction of sp³-hybridized carbons (Fsp3) is 0.235. The van der Waals surface area contributed by atoms with Crippen molar-refractivity contribution >= 4 is 37.8 Å². The number of halogens is 2. The molecule has 3 nitrogen and oxygen atoms in total. The summed E-state index contributed by atoms with van der Waals surface area (Å²) in [6, 6.07) is 13.6. The molecule has 5 heteroatoms. The van der Waals surface area contributed by atoms with Crippen LogP contribution in [0, 0.1) is 0 Å². The van der Waals surface area contributed by atoms with Gasteiger partial charge in [0.1, 0.15) is 5.75 Å². The Morgan fingerprint density at radius 3 is 2.36 bits per heavy atom. The average Bonchev–Trinajstić information content (AvgIpc) is 2.49. The highest BCUT2D eigenvalue weighted by atomic mass is 79.9. The van der Waals surface area contributed by atoms with Gasteiger partial charge in [-0.2, -0.15) is 0 Å². The lowest BCUT2D eigenvalue weighted by molar-refractivity contribution is -0.152. The van der Waals surface area contributed by atoms with Gasteiger partial charge in [0.05, 0.1) is 0 Å². The molecule has 0 radical (unpaired) electrons. The Hall–Kier alpha value is -1.33. The predicted molar refractivity (Wildman–Crippen MR) is 94.6 cm³/mol. The number of benzene rings is 2. The Kier molecular flexibility index (Phi) is 5.29. The molecule has 2 rings (SSSR count). The second-order valence-corrected chi connectivity index (χ2v) is 6.80. The van der Waals surface area contributed by atoms with E-state index in [0.717, 1.165) is 20.9 Å². The van der Waals surface area contributed by atoms with Gasteiger partial charge in [-0.25, -0.2) is 4.79 Å². The third-order valence-electron chi connectivity index (χ3n) is 3.25. The van der Waals surface area contributed by atoms with E-state index in [1.165, 1.54) is 19.4 Å². The summed E-state index contributed by atoms with van der Waals surface area (Å²) in [5.74, 6) is -0.478. The molecule has 22 heavy (non-hydrogen) atoms. The minimum Gasteiger partial charge on any atom is -0.478 e. The van der Waals surface area contributed by atoms with Crippen molar-refractivity contribution in [2.75, 3.05) is 0 Å². The first-order valence-electron chi connectivity index (χ1n) is 6.71. The lowest BCUT2D eigenvalue weighted by atomic mass is 10.0. The monoisotopic (exact) mass is 426 g/mol. The standard InChI is InChI=1S/C17H16Br2O3/c1-17(2,16(20)21)22-13-7-8-15(19)14(9-13)12-5-3-11(10-18)4-6-12/h3-9H,10H2,1-2H3,(H,20,21). The third kappa shape index (κ3) is 3.90. The zero-order valence-corrected chi connectivity index (χ0v) is 15.4. The van der Waals surface area contributed by atoms with Crippen molar-refractivity contribution in [3.05, 3.63) is 52.5 Å². The van der Waals surface area contributed by atoms with Gasteiger partial charge in [0.15, 0.2) is 5.60 Å². The SMILES string of the molecule is CC(C)(Oc1ccc(Br)c(-c2ccc(CBr)cc2)c1)C(=O)O. The number of carboxylic acids is 1. The summed E-state index contributed by atoms with van der Waals surface area (Å²) in [6.45, 7) is 3.06. The molecule has 1 N–H and O–H groups in total. The zero-order chi connectivity index (χ0) is 16.3. The van der Waals surface area contributed by atoms with Gasteiger partial charge in [-0.15, -0.1) is 0 Å². The van der Waals surface area contributed by atoms with Crippen molar-refractivity contribution in [1.82, 2.24) is 0 Å². The van der Waals surface area contributed by atoms with E-state index >= 15 is 0 Å². The number of carbonyl (C=O) groups is 1. The van der Waals surface area contributed by atoms with E-state index in [1.807, 2.05) is 36.4 Å². The molecule has 0 atom stereocenters. The lowest BCUT2D eigenvalue weighted by Gasteiger charge is -2.22. The van der Waals surface area contributed by atoms with Gasteiger partial charge in [0.2, 0.25) is 0 Å². The first-order valence-corrected chi connectivity index (χ1v) is 8.62. The van der Waals surface area contributed by atoms with Crippen molar-refractivity contribution in [2.24, 2.45) is 0 Å². The first-order chi connectivity index (χ1) is 10.3. The third-order valence-corrected chi connectivity index (χ3v) is 4.58. The van der Waals surface area contributed by atoms with Gasteiger partial charge >= 0.3 is 5.97 Å². The predicted octanol–water partition coefficient (Wildman–Crippen LogP) is 5.25. The van der Waals surface area contributed by atoms with E-state index in [9.17, 15) is 4.79 Å². The Bertz CT molecular complexity index is 679. The van der Waals surface area contributed by atoms with Gasteiger partial charge in [-0.3, -0.25) is 0 Å². The van der Waals surface area contributed by atoms with Crippen LogP contribution in [-0.2, 0) is 10.1 Å². The molecule has 0 saturated carbocycles. The summed E-state index contributed by atoms with van der Waals surface area (Å²) >= 11 is 6.96. The Balaban J connectivity index is 2.36. The van der Waals surface area contributed by atoms with Gasteiger partial charge in [-0.1, -0.05) is 56.1 Å². The number of aliphatic carboxylic acids is 1. The van der Waals surface area contributed by atoms with E-state index in [1.54, 1.807) is 6.07 Å². The molecule has 0 unspecified atom stereocenters. The summed E-state index contributed by atoms with van der Waals surface area (Å²) in [7, 11) is 0. The summed E-state index contributed by atoms with van der Waals surface area (Å²) in [5, 5.41) is 9.97. The van der Waals surface area contributed by atoms with Crippen LogP contribution in [0.4, 0.5) is 0 Å². The Labute approximate surface area is 146 Å². The molecule has 0 bridgehead atoms. The Morgan fingerprint density at radius 2 is 1.82 bits per heavy atom. The maximum absolute atomic E-state index is 11.2. The summed E-state index contributed by atoms with van der Waals surface area (Å²) in [6.07, 6.45) is 0. The molecule has 2 aromatic carbocycles. The largest absolute Gasteiger partial charge is 0.478 e.